The molecule has 10 rings (SSSR count). The molecule has 1 aromatic heterocycles. The molecule has 2 unspecified atom stereocenters. The van der Waals surface area contributed by atoms with Gasteiger partial charge in [0, 0.05) is 9.58 Å². The molecule has 1 spiro atoms. The van der Waals surface area contributed by atoms with Crippen LogP contribution in [0, 0.1) is 0 Å². The highest BCUT2D eigenvalue weighted by Crippen LogP contribution is 2.43. The molecule has 5 aromatic carbocycles. The van der Waals surface area contributed by atoms with Gasteiger partial charge in [-0.2, -0.15) is 0 Å². The van der Waals surface area contributed by atoms with E-state index in [-0.39, 0.29) is 17.8 Å². The van der Waals surface area contributed by atoms with E-state index in [9.17, 15) is 15.1 Å². The molecule has 1 aliphatic carbocycles. The second-order valence-electron chi connectivity index (χ2n) is 13.2. The minimum Gasteiger partial charge on any atom is -0.423 e. The Kier molecular flexibility index (Phi) is 9.51. The van der Waals surface area contributed by atoms with Crippen molar-refractivity contribution in [3.05, 3.63) is 161 Å². The Morgan fingerprint density at radius 2 is 1.12 bits per heavy atom. The maximum absolute atomic E-state index is 9.97. The Morgan fingerprint density at radius 3 is 1.82 bits per heavy atom. The van der Waals surface area contributed by atoms with Crippen molar-refractivity contribution >= 4 is 59.2 Å². The predicted molar refractivity (Wildman–Crippen MR) is 202 cm³/mol. The summed E-state index contributed by atoms with van der Waals surface area (Å²) in [5.74, 6) is 0. The zero-order valence-corrected chi connectivity index (χ0v) is 28.4. The molecular weight excluding hydrogens is 641 g/mol. The van der Waals surface area contributed by atoms with E-state index < -0.39 is 21.4 Å². The highest BCUT2D eigenvalue weighted by atomic mass is 32.1. The van der Waals surface area contributed by atoms with Crippen molar-refractivity contribution in [1.82, 2.24) is 0 Å². The van der Waals surface area contributed by atoms with Crippen LogP contribution in [0.5, 0.6) is 0 Å². The second-order valence-corrected chi connectivity index (χ2v) is 14.3. The third-order valence-electron chi connectivity index (χ3n) is 10.1. The summed E-state index contributed by atoms with van der Waals surface area (Å²) < 4.78 is 18.4. The molecule has 3 N–H and O–H groups in total. The van der Waals surface area contributed by atoms with Gasteiger partial charge in [0.2, 0.25) is 0 Å². The molecule has 0 amide bonds. The van der Waals surface area contributed by atoms with Crippen LogP contribution in [0.4, 0.5) is 0 Å². The number of benzene rings is 5. The molecule has 0 bridgehead atoms. The molecule has 1 fully saturated rings. The largest absolute Gasteiger partial charge is 0.492 e. The van der Waals surface area contributed by atoms with Gasteiger partial charge in [0.25, 0.3) is 0 Å². The lowest BCUT2D eigenvalue weighted by Gasteiger charge is -2.34. The summed E-state index contributed by atoms with van der Waals surface area (Å²) in [4.78, 5) is 1.14. The van der Waals surface area contributed by atoms with Crippen molar-refractivity contribution in [2.24, 2.45) is 0 Å². The predicted octanol–water partition coefficient (Wildman–Crippen LogP) is 5.77. The van der Waals surface area contributed by atoms with E-state index in [1.807, 2.05) is 109 Å². The quantitative estimate of drug-likeness (QED) is 0.202. The van der Waals surface area contributed by atoms with Crippen molar-refractivity contribution in [3.8, 4) is 0 Å². The van der Waals surface area contributed by atoms with E-state index in [4.69, 9.17) is 14.0 Å². The number of fused-ring (bicyclic) bond motifs is 5. The Morgan fingerprint density at radius 1 is 0.560 bits per heavy atom. The normalized spacial score (nSPS) is 19.7. The first kappa shape index (κ1) is 33.2. The van der Waals surface area contributed by atoms with Crippen molar-refractivity contribution in [3.63, 3.8) is 0 Å². The lowest BCUT2D eigenvalue weighted by Crippen LogP contribution is -2.31. The van der Waals surface area contributed by atoms with E-state index in [2.05, 4.69) is 24.3 Å². The first-order valence-electron chi connectivity index (χ1n) is 17.3. The Hall–Kier alpha value is -3.99. The molecule has 4 heterocycles. The fraction of sp³-hybridized carbons (Fsp3) is 0.200. The average molecular weight is 678 g/mol. The Labute approximate surface area is 297 Å². The van der Waals surface area contributed by atoms with Gasteiger partial charge in [-0.1, -0.05) is 141 Å². The van der Waals surface area contributed by atoms with Gasteiger partial charge in [-0.25, -0.2) is 0 Å². The van der Waals surface area contributed by atoms with Crippen molar-refractivity contribution in [1.29, 1.82) is 0 Å². The van der Waals surface area contributed by atoms with Crippen LogP contribution >= 0.6 is 11.3 Å². The molecule has 50 heavy (non-hydrogen) atoms. The molecule has 6 nitrogen and oxygen atoms in total. The molecule has 0 radical (unpaired) electrons. The standard InChI is InChI=1S/C15H11BO2S.C13H11BO2.C12H15BO2/c17-16-12-7-3-2-6-11(12)15(18-16)14-9-10-5-1-4-8-13(10)19-14;15-14-12-9-5-4-8-11(12)13(16-14)10-6-2-1-3-7-10;14-13-11-7-3-2-6-10(11)12(15-13)8-4-1-5-9-12/h1-9,15,17H;1-9,13,15H;2-3,6-7,14H,1,4-5,8-9H2. The maximum atomic E-state index is 9.97. The summed E-state index contributed by atoms with van der Waals surface area (Å²) in [5, 5.41) is 30.9. The first-order valence-corrected chi connectivity index (χ1v) is 18.2. The number of rotatable bonds is 2. The zero-order valence-electron chi connectivity index (χ0n) is 27.6. The number of thiophene rings is 1. The summed E-state index contributed by atoms with van der Waals surface area (Å²) >= 11 is 1.72. The van der Waals surface area contributed by atoms with Crippen LogP contribution in [0.15, 0.2) is 133 Å². The third kappa shape index (κ3) is 6.38. The van der Waals surface area contributed by atoms with Gasteiger partial charge in [-0.3, -0.25) is 0 Å². The van der Waals surface area contributed by atoms with E-state index in [0.29, 0.717) is 0 Å². The summed E-state index contributed by atoms with van der Waals surface area (Å²) in [6, 6.07) is 44.2. The van der Waals surface area contributed by atoms with Gasteiger partial charge in [0.15, 0.2) is 0 Å². The van der Waals surface area contributed by atoms with Crippen molar-refractivity contribution in [2.45, 2.75) is 49.9 Å². The van der Waals surface area contributed by atoms with Crippen LogP contribution in [0.25, 0.3) is 10.1 Å². The van der Waals surface area contributed by atoms with Gasteiger partial charge in [0.1, 0.15) is 6.10 Å². The van der Waals surface area contributed by atoms with E-state index in [0.717, 1.165) is 50.8 Å². The van der Waals surface area contributed by atoms with E-state index in [1.165, 1.54) is 34.9 Å². The second kappa shape index (κ2) is 14.3. The molecule has 1 saturated carbocycles. The molecule has 10 heteroatoms. The Balaban J connectivity index is 0.000000109. The summed E-state index contributed by atoms with van der Waals surface area (Å²) in [7, 11) is -2.33. The third-order valence-corrected chi connectivity index (χ3v) is 11.3. The minimum absolute atomic E-state index is 0.146. The lowest BCUT2D eigenvalue weighted by molar-refractivity contribution is 0.0223. The van der Waals surface area contributed by atoms with Crippen molar-refractivity contribution in [2.75, 3.05) is 0 Å². The van der Waals surface area contributed by atoms with Crippen molar-refractivity contribution < 1.29 is 29.0 Å². The van der Waals surface area contributed by atoms with Crippen LogP contribution in [-0.2, 0) is 19.6 Å². The average Bonchev–Trinajstić information content (AvgIpc) is 3.91. The highest BCUT2D eigenvalue weighted by molar-refractivity contribution is 7.19. The van der Waals surface area contributed by atoms with Gasteiger partial charge >= 0.3 is 21.4 Å². The summed E-state index contributed by atoms with van der Waals surface area (Å²) in [5.41, 5.74) is 6.97. The molecule has 4 aliphatic rings. The lowest BCUT2D eigenvalue weighted by atomic mass is 9.75. The highest BCUT2D eigenvalue weighted by Gasteiger charge is 2.47. The molecule has 2 atom stereocenters. The van der Waals surface area contributed by atoms with Crippen LogP contribution in [0.2, 0.25) is 0 Å². The van der Waals surface area contributed by atoms with Crippen LogP contribution < -0.4 is 16.4 Å². The smallest absolute Gasteiger partial charge is 0.423 e. The fourth-order valence-corrected chi connectivity index (χ4v) is 8.84. The van der Waals surface area contributed by atoms with Crippen LogP contribution in [0.3, 0.4) is 0 Å². The van der Waals surface area contributed by atoms with Gasteiger partial charge in [0.05, 0.1) is 11.7 Å². The van der Waals surface area contributed by atoms with E-state index >= 15 is 0 Å². The van der Waals surface area contributed by atoms with Crippen LogP contribution in [0.1, 0.15) is 71.4 Å². The van der Waals surface area contributed by atoms with Gasteiger partial charge in [-0.05, 0) is 69.0 Å². The first-order chi connectivity index (χ1) is 24.5. The van der Waals surface area contributed by atoms with E-state index in [1.54, 1.807) is 11.3 Å². The number of hydrogen-bond acceptors (Lipinski definition) is 7. The van der Waals surface area contributed by atoms with Gasteiger partial charge < -0.3 is 29.0 Å². The molecule has 248 valence electrons. The number of hydrogen-bond donors (Lipinski definition) is 3. The van der Waals surface area contributed by atoms with Gasteiger partial charge in [-0.15, -0.1) is 11.3 Å². The molecule has 3 aliphatic heterocycles. The summed E-state index contributed by atoms with van der Waals surface area (Å²) in [6.45, 7) is 0. The maximum Gasteiger partial charge on any atom is 0.492 e. The molecular formula is C40H37B3O6S. The molecule has 6 aromatic rings. The SMILES string of the molecule is OB1OC(c2cc3ccccc3s2)c2ccccc21.OB1OC(c2ccccc2)c2ccccc21.OB1OC2(CCCCC2)c2ccccc21. The topological polar surface area (TPSA) is 88.4 Å². The summed E-state index contributed by atoms with van der Waals surface area (Å²) in [6.07, 6.45) is 5.53. The zero-order chi connectivity index (χ0) is 34.1. The Bertz CT molecular complexity index is 2050. The van der Waals surface area contributed by atoms with Crippen LogP contribution in [-0.4, -0.2) is 36.4 Å². The monoisotopic (exact) mass is 678 g/mol. The molecule has 0 saturated heterocycles. The minimum atomic E-state index is -0.814. The fourth-order valence-electron chi connectivity index (χ4n) is 7.72.